The van der Waals surface area contributed by atoms with Crippen molar-refractivity contribution in [3.8, 4) is 0 Å². The van der Waals surface area contributed by atoms with Gasteiger partial charge in [0, 0.05) is 18.4 Å². The molecule has 3 aliphatic rings. The van der Waals surface area contributed by atoms with E-state index in [-0.39, 0.29) is 23.7 Å². The highest BCUT2D eigenvalue weighted by atomic mass is 16.3. The molecule has 0 amide bonds. The molecule has 0 aliphatic heterocycles. The topological polar surface area (TPSA) is 37.3 Å². The highest BCUT2D eigenvalue weighted by Crippen LogP contribution is 2.71. The van der Waals surface area contributed by atoms with E-state index in [1.807, 2.05) is 0 Å². The van der Waals surface area contributed by atoms with E-state index in [1.165, 1.54) is 6.42 Å². The van der Waals surface area contributed by atoms with Crippen molar-refractivity contribution in [2.75, 3.05) is 6.61 Å². The third-order valence-electron chi connectivity index (χ3n) is 5.98. The van der Waals surface area contributed by atoms with Crippen molar-refractivity contribution in [1.82, 2.24) is 0 Å². The summed E-state index contributed by atoms with van der Waals surface area (Å²) in [5.74, 6) is 1.64. The van der Waals surface area contributed by atoms with Crippen LogP contribution in [0.1, 0.15) is 39.5 Å². The van der Waals surface area contributed by atoms with Crippen molar-refractivity contribution in [3.63, 3.8) is 0 Å². The number of rotatable bonds is 1. The van der Waals surface area contributed by atoms with Gasteiger partial charge in [-0.2, -0.15) is 0 Å². The first-order valence-corrected chi connectivity index (χ1v) is 6.77. The highest BCUT2D eigenvalue weighted by Gasteiger charge is 2.67. The lowest BCUT2D eigenvalue weighted by Crippen LogP contribution is -2.39. The van der Waals surface area contributed by atoms with Crippen molar-refractivity contribution in [2.45, 2.75) is 39.5 Å². The van der Waals surface area contributed by atoms with Gasteiger partial charge in [-0.1, -0.05) is 20.4 Å². The minimum absolute atomic E-state index is 0.0573. The van der Waals surface area contributed by atoms with Crippen molar-refractivity contribution < 1.29 is 9.90 Å². The van der Waals surface area contributed by atoms with E-state index in [2.05, 4.69) is 20.4 Å². The molecule has 0 aromatic rings. The molecule has 0 unspecified atom stereocenters. The quantitative estimate of drug-likeness (QED) is 0.708. The van der Waals surface area contributed by atoms with Gasteiger partial charge in [0.2, 0.25) is 0 Å². The van der Waals surface area contributed by atoms with Gasteiger partial charge in [-0.15, -0.1) is 0 Å². The predicted octanol–water partition coefficient (Wildman–Crippen LogP) is 2.57. The summed E-state index contributed by atoms with van der Waals surface area (Å²) < 4.78 is 0. The van der Waals surface area contributed by atoms with Gasteiger partial charge < -0.3 is 5.11 Å². The summed E-state index contributed by atoms with van der Waals surface area (Å²) in [4.78, 5) is 12.0. The van der Waals surface area contributed by atoms with Gasteiger partial charge in [0.05, 0.1) is 0 Å². The molecule has 0 aromatic heterocycles. The minimum atomic E-state index is -0.0573. The zero-order valence-corrected chi connectivity index (χ0v) is 10.8. The maximum Gasteiger partial charge on any atom is 0.159 e. The monoisotopic (exact) mass is 234 g/mol. The van der Waals surface area contributed by atoms with Crippen LogP contribution in [-0.2, 0) is 4.79 Å². The van der Waals surface area contributed by atoms with Crippen LogP contribution in [0.4, 0.5) is 0 Å². The van der Waals surface area contributed by atoms with Crippen molar-refractivity contribution in [1.29, 1.82) is 0 Å². The zero-order valence-electron chi connectivity index (χ0n) is 10.8. The van der Waals surface area contributed by atoms with E-state index in [4.69, 9.17) is 0 Å². The van der Waals surface area contributed by atoms with E-state index in [1.54, 1.807) is 0 Å². The van der Waals surface area contributed by atoms with Gasteiger partial charge >= 0.3 is 0 Å². The van der Waals surface area contributed by atoms with Crippen molar-refractivity contribution >= 4 is 5.78 Å². The van der Waals surface area contributed by atoms with Crippen molar-refractivity contribution in [3.05, 3.63) is 12.2 Å². The average molecular weight is 234 g/mol. The molecule has 0 heterocycles. The van der Waals surface area contributed by atoms with E-state index in [0.29, 0.717) is 23.7 Å². The minimum Gasteiger partial charge on any atom is -0.396 e. The average Bonchev–Trinajstić information content (AvgIpc) is 2.58. The van der Waals surface area contributed by atoms with Crippen LogP contribution in [-0.4, -0.2) is 17.5 Å². The second-order valence-corrected chi connectivity index (χ2v) is 6.98. The van der Waals surface area contributed by atoms with E-state index in [9.17, 15) is 9.90 Å². The Hall–Kier alpha value is -0.630. The lowest BCUT2D eigenvalue weighted by atomic mass is 9.61. The molecule has 0 aromatic carbocycles. The first kappa shape index (κ1) is 11.5. The van der Waals surface area contributed by atoms with Crippen LogP contribution < -0.4 is 0 Å². The number of carbonyl (C=O) groups excluding carboxylic acids is 1. The van der Waals surface area contributed by atoms with Gasteiger partial charge in [0.1, 0.15) is 0 Å². The number of carbonyl (C=O) groups is 1. The fraction of sp³-hybridized carbons (Fsp3) is 0.800. The number of ketones is 1. The fourth-order valence-electron chi connectivity index (χ4n) is 5.34. The Morgan fingerprint density at radius 1 is 1.35 bits per heavy atom. The van der Waals surface area contributed by atoms with E-state index >= 15 is 0 Å². The molecule has 17 heavy (non-hydrogen) atoms. The molecule has 3 fully saturated rings. The van der Waals surface area contributed by atoms with Crippen LogP contribution in [0.25, 0.3) is 0 Å². The van der Waals surface area contributed by atoms with Crippen LogP contribution in [0.5, 0.6) is 0 Å². The molecular formula is C15H22O2. The molecule has 94 valence electrons. The van der Waals surface area contributed by atoms with Gasteiger partial charge in [0.15, 0.2) is 5.78 Å². The number of aliphatic hydroxyl groups is 1. The second-order valence-electron chi connectivity index (χ2n) is 6.98. The summed E-state index contributed by atoms with van der Waals surface area (Å²) in [6.45, 7) is 8.96. The molecule has 2 bridgehead atoms. The molecule has 3 saturated carbocycles. The van der Waals surface area contributed by atoms with Crippen LogP contribution in [0.3, 0.4) is 0 Å². The number of hydrogen-bond donors (Lipinski definition) is 1. The normalized spacial score (nSPS) is 47.4. The zero-order chi connectivity index (χ0) is 12.4. The summed E-state index contributed by atoms with van der Waals surface area (Å²) in [6.07, 6.45) is 3.97. The molecule has 3 aliphatic carbocycles. The van der Waals surface area contributed by atoms with Crippen LogP contribution in [0.2, 0.25) is 0 Å². The Kier molecular flexibility index (Phi) is 2.17. The molecule has 0 spiro atoms. The van der Waals surface area contributed by atoms with Gasteiger partial charge in [0.25, 0.3) is 0 Å². The first-order chi connectivity index (χ1) is 7.93. The highest BCUT2D eigenvalue weighted by molar-refractivity contribution is 5.99. The molecule has 0 radical (unpaired) electrons. The lowest BCUT2D eigenvalue weighted by Gasteiger charge is -2.42. The Morgan fingerprint density at radius 2 is 2.06 bits per heavy atom. The van der Waals surface area contributed by atoms with Crippen LogP contribution in [0, 0.1) is 28.6 Å². The predicted molar refractivity (Wildman–Crippen MR) is 66.4 cm³/mol. The Balaban J connectivity index is 2.12. The Labute approximate surface area is 103 Å². The summed E-state index contributed by atoms with van der Waals surface area (Å²) in [5, 5.41) is 9.67. The molecular weight excluding hydrogens is 212 g/mol. The molecule has 2 nitrogen and oxygen atoms in total. The molecule has 2 heteroatoms. The van der Waals surface area contributed by atoms with E-state index in [0.717, 1.165) is 18.4 Å². The maximum atomic E-state index is 12.0. The maximum absolute atomic E-state index is 12.0. The summed E-state index contributed by atoms with van der Waals surface area (Å²) in [5.41, 5.74) is 1.08. The number of Topliss-reactive ketones (excluding diaryl/α,β-unsaturated/α-hetero) is 1. The molecule has 1 N–H and O–H groups in total. The molecule has 4 atom stereocenters. The standard InChI is InChI=1S/C15H22O2/c1-9-13(17)6-12-11-5-4-10(7-16)15(9,12)8-14(11,2)3/h10-12,16H,1,4-8H2,2-3H3/t10-,11+,12+,15-/m0/s1. The van der Waals surface area contributed by atoms with Crippen molar-refractivity contribution in [2.24, 2.45) is 28.6 Å². The SMILES string of the molecule is C=C1C(=O)C[C@@H]2[C@H]3CC[C@@H](CO)[C@]12CC3(C)C. The Bertz CT molecular complexity index is 396. The number of allylic oxidation sites excluding steroid dienone is 1. The summed E-state index contributed by atoms with van der Waals surface area (Å²) >= 11 is 0. The third kappa shape index (κ3) is 1.17. The number of aliphatic hydroxyl groups excluding tert-OH is 1. The first-order valence-electron chi connectivity index (χ1n) is 6.77. The largest absolute Gasteiger partial charge is 0.396 e. The summed E-state index contributed by atoms with van der Waals surface area (Å²) in [6, 6.07) is 0. The van der Waals surface area contributed by atoms with Crippen LogP contribution in [0.15, 0.2) is 12.2 Å². The molecule has 0 saturated heterocycles. The molecule has 3 rings (SSSR count). The van der Waals surface area contributed by atoms with Gasteiger partial charge in [-0.25, -0.2) is 0 Å². The van der Waals surface area contributed by atoms with Crippen LogP contribution >= 0.6 is 0 Å². The van der Waals surface area contributed by atoms with Gasteiger partial charge in [-0.05, 0) is 48.0 Å². The second kappa shape index (κ2) is 3.23. The fourth-order valence-corrected chi connectivity index (χ4v) is 5.34. The number of hydrogen-bond acceptors (Lipinski definition) is 2. The lowest BCUT2D eigenvalue weighted by molar-refractivity contribution is -0.115. The smallest absolute Gasteiger partial charge is 0.159 e. The van der Waals surface area contributed by atoms with E-state index < -0.39 is 0 Å². The Morgan fingerprint density at radius 3 is 2.71 bits per heavy atom. The third-order valence-corrected chi connectivity index (χ3v) is 5.98. The van der Waals surface area contributed by atoms with Gasteiger partial charge in [-0.3, -0.25) is 4.79 Å². The summed E-state index contributed by atoms with van der Waals surface area (Å²) in [7, 11) is 0.